The van der Waals surface area contributed by atoms with Crippen molar-refractivity contribution in [2.75, 3.05) is 0 Å². The van der Waals surface area contributed by atoms with Crippen LogP contribution in [0.2, 0.25) is 0 Å². The van der Waals surface area contributed by atoms with Crippen LogP contribution < -0.4 is 0 Å². The molecule has 0 fully saturated rings. The molecule has 4 heavy (non-hydrogen) atoms. The Morgan fingerprint density at radius 1 is 1.00 bits per heavy atom. The zero-order valence-corrected chi connectivity index (χ0v) is 8.75. The summed E-state index contributed by atoms with van der Waals surface area (Å²) in [6.45, 7) is 0. The molecule has 0 rings (SSSR count). The molecule has 0 aromatic rings. The van der Waals surface area contributed by atoms with Gasteiger partial charge in [-0.3, -0.25) is 0 Å². The third kappa shape index (κ3) is 8.84. The summed E-state index contributed by atoms with van der Waals surface area (Å²) < 4.78 is 0. The van der Waals surface area contributed by atoms with Gasteiger partial charge in [0.05, 0.1) is 0 Å². The average molecular weight is 299 g/mol. The van der Waals surface area contributed by atoms with Gasteiger partial charge in [0.25, 0.3) is 0 Å². The van der Waals surface area contributed by atoms with E-state index in [4.69, 9.17) is 0 Å². The van der Waals surface area contributed by atoms with Gasteiger partial charge in [-0.1, -0.05) is 0 Å². The predicted octanol–water partition coefficient (Wildman–Crippen LogP) is -0.924. The first kappa shape index (κ1) is 33.1. The molecule has 0 aliphatic heterocycles. The molecule has 0 heterocycles. The van der Waals surface area contributed by atoms with Crippen molar-refractivity contribution in [1.29, 1.82) is 0 Å². The van der Waals surface area contributed by atoms with Gasteiger partial charge in [-0.2, -0.15) is 0 Å². The monoisotopic (exact) mass is 299 g/mol. The first-order valence-electron chi connectivity index (χ1n) is 0. The van der Waals surface area contributed by atoms with Crippen molar-refractivity contribution >= 4 is 23.9 Å². The van der Waals surface area contributed by atoms with E-state index in [1.807, 2.05) is 0 Å². The quantitative estimate of drug-likeness (QED) is 0.507. The fourth-order valence-electron chi connectivity index (χ4n) is 0. The van der Waals surface area contributed by atoms with E-state index in [2.05, 4.69) is 0 Å². The van der Waals surface area contributed by atoms with Crippen LogP contribution in [0.1, 0.15) is 0 Å². The molecular formula is H2CuFeNiSn. The summed E-state index contributed by atoms with van der Waals surface area (Å²) in [4.78, 5) is 0. The van der Waals surface area contributed by atoms with Crippen molar-refractivity contribution in [3.8, 4) is 0 Å². The molecule has 0 bridgehead atoms. The van der Waals surface area contributed by atoms with Crippen LogP contribution in [-0.2, 0) is 50.6 Å². The van der Waals surface area contributed by atoms with Crippen LogP contribution in [0.15, 0.2) is 0 Å². The Hall–Kier alpha value is 2.33. The summed E-state index contributed by atoms with van der Waals surface area (Å²) >= 11 is 0. The van der Waals surface area contributed by atoms with E-state index >= 15 is 0 Å². The number of hydrogen-bond acceptors (Lipinski definition) is 0. The molecular weight excluding hydrogens is 297 g/mol. The molecule has 0 atom stereocenters. The molecule has 0 saturated carbocycles. The van der Waals surface area contributed by atoms with Gasteiger partial charge in [0.2, 0.25) is 0 Å². The molecule has 0 amide bonds. The second-order valence-corrected chi connectivity index (χ2v) is 0. The zero-order chi connectivity index (χ0) is 0. The van der Waals surface area contributed by atoms with Gasteiger partial charge in [-0.15, -0.1) is 0 Å². The third-order valence-corrected chi connectivity index (χ3v) is 0. The molecule has 0 nitrogen and oxygen atoms in total. The van der Waals surface area contributed by atoms with E-state index < -0.39 is 0 Å². The van der Waals surface area contributed by atoms with Gasteiger partial charge in [0, 0.05) is 50.6 Å². The van der Waals surface area contributed by atoms with Crippen LogP contribution in [0.4, 0.5) is 0 Å². The molecule has 3 radical (unpaired) electrons. The van der Waals surface area contributed by atoms with Gasteiger partial charge in [0.15, 0.2) is 0 Å². The van der Waals surface area contributed by atoms with Gasteiger partial charge in [0.1, 0.15) is 0 Å². The van der Waals surface area contributed by atoms with Crippen LogP contribution in [0, 0.1) is 0 Å². The Kier molecular flexibility index (Phi) is 152. The van der Waals surface area contributed by atoms with Crippen LogP contribution in [0.25, 0.3) is 0 Å². The summed E-state index contributed by atoms with van der Waals surface area (Å²) in [5.74, 6) is 0. The topological polar surface area (TPSA) is 0 Å². The maximum absolute atomic E-state index is 0. The first-order chi connectivity index (χ1) is 0. The van der Waals surface area contributed by atoms with Crippen molar-refractivity contribution < 1.29 is 50.6 Å². The van der Waals surface area contributed by atoms with Crippen LogP contribution in [0.3, 0.4) is 0 Å². The number of rotatable bonds is 0. The summed E-state index contributed by atoms with van der Waals surface area (Å²) in [5.41, 5.74) is 0. The molecule has 0 unspecified atom stereocenters. The molecule has 0 aromatic carbocycles. The van der Waals surface area contributed by atoms with Crippen molar-refractivity contribution in [1.82, 2.24) is 0 Å². The minimum atomic E-state index is 0. The molecule has 0 aromatic heterocycles. The fraction of sp³-hybridized carbons (Fsp3) is 0. The van der Waals surface area contributed by atoms with Crippen molar-refractivity contribution in [2.24, 2.45) is 0 Å². The molecule has 4 heteroatoms. The van der Waals surface area contributed by atoms with Gasteiger partial charge in [-0.25, -0.2) is 0 Å². The van der Waals surface area contributed by atoms with E-state index in [-0.39, 0.29) is 74.5 Å². The van der Waals surface area contributed by atoms with E-state index in [0.29, 0.717) is 0 Å². The van der Waals surface area contributed by atoms with Crippen LogP contribution >= 0.6 is 0 Å². The van der Waals surface area contributed by atoms with E-state index in [1.165, 1.54) is 0 Å². The molecule has 0 spiro atoms. The van der Waals surface area contributed by atoms with Crippen LogP contribution in [-0.4, -0.2) is 23.9 Å². The van der Waals surface area contributed by atoms with E-state index in [1.54, 1.807) is 0 Å². The van der Waals surface area contributed by atoms with E-state index in [0.717, 1.165) is 0 Å². The maximum atomic E-state index is 0. The Morgan fingerprint density at radius 3 is 1.00 bits per heavy atom. The second-order valence-electron chi connectivity index (χ2n) is 0. The van der Waals surface area contributed by atoms with Crippen molar-refractivity contribution in [2.45, 2.75) is 0 Å². The summed E-state index contributed by atoms with van der Waals surface area (Å²) in [6.07, 6.45) is 0. The van der Waals surface area contributed by atoms with Gasteiger partial charge in [-0.05, 0) is 0 Å². The summed E-state index contributed by atoms with van der Waals surface area (Å²) in [5, 5.41) is 0. The Morgan fingerprint density at radius 2 is 1.00 bits per heavy atom. The Balaban J connectivity index is 0. The summed E-state index contributed by atoms with van der Waals surface area (Å²) in [7, 11) is 0. The molecule has 0 saturated heterocycles. The van der Waals surface area contributed by atoms with Gasteiger partial charge >= 0.3 is 23.9 Å². The Labute approximate surface area is 73.7 Å². The SMILES string of the molecule is [Cu].[Fe].[Ni].[SnH2]. The molecule has 0 aliphatic carbocycles. The fourth-order valence-corrected chi connectivity index (χ4v) is 0. The predicted molar refractivity (Wildman–Crippen MR) is 8.54 cm³/mol. The molecule has 35 valence electrons. The van der Waals surface area contributed by atoms with E-state index in [9.17, 15) is 0 Å². The van der Waals surface area contributed by atoms with Crippen LogP contribution in [0.5, 0.6) is 0 Å². The standard InChI is InChI=1S/Cu.Fe.Ni.Sn.2H. The van der Waals surface area contributed by atoms with Gasteiger partial charge < -0.3 is 0 Å². The molecule has 0 aliphatic rings. The second kappa shape index (κ2) is 18.4. The van der Waals surface area contributed by atoms with Crippen molar-refractivity contribution in [3.05, 3.63) is 0 Å². The molecule has 0 N–H and O–H groups in total. The Bertz CT molecular complexity index is 8.00. The zero-order valence-electron chi connectivity index (χ0n) is 1.68. The first-order valence-corrected chi connectivity index (χ1v) is 0. The van der Waals surface area contributed by atoms with Crippen molar-refractivity contribution in [3.63, 3.8) is 0 Å². The summed E-state index contributed by atoms with van der Waals surface area (Å²) in [6, 6.07) is 0. The number of hydrogen-bond donors (Lipinski definition) is 0. The third-order valence-electron chi connectivity index (χ3n) is 0. The minimum absolute atomic E-state index is 0. The average Bonchev–Trinajstić information content (AvgIpc) is 0. The normalized spacial score (nSPS) is 0.